The van der Waals surface area contributed by atoms with Crippen molar-refractivity contribution >= 4 is 21.7 Å². The lowest BCUT2D eigenvalue weighted by Crippen LogP contribution is -2.10. The number of nitrogens with zero attached hydrogens (tertiary/aromatic N) is 2. The van der Waals surface area contributed by atoms with Gasteiger partial charge in [-0.25, -0.2) is 0 Å². The molecule has 0 bridgehead atoms. The van der Waals surface area contributed by atoms with Crippen LogP contribution in [0.2, 0.25) is 0 Å². The molecule has 2 aromatic rings. The first-order chi connectivity index (χ1) is 9.11. The maximum absolute atomic E-state index is 12.3. The highest BCUT2D eigenvalue weighted by Gasteiger charge is 2.15. The lowest BCUT2D eigenvalue weighted by molar-refractivity contribution is 0.0971. The molecule has 0 amide bonds. The molecule has 4 heteroatoms. The topological polar surface area (TPSA) is 34.9 Å². The van der Waals surface area contributed by atoms with Crippen molar-refractivity contribution in [2.45, 2.75) is 33.2 Å². The van der Waals surface area contributed by atoms with E-state index in [0.717, 1.165) is 10.9 Å². The van der Waals surface area contributed by atoms with Gasteiger partial charge in [0.15, 0.2) is 5.78 Å². The fourth-order valence-corrected chi connectivity index (χ4v) is 2.53. The molecule has 0 saturated carbocycles. The van der Waals surface area contributed by atoms with E-state index in [1.54, 1.807) is 10.9 Å². The molecule has 0 unspecified atom stereocenters. The average Bonchev–Trinajstić information content (AvgIpc) is 2.79. The summed E-state index contributed by atoms with van der Waals surface area (Å²) in [4.78, 5) is 12.3. The van der Waals surface area contributed by atoms with Crippen molar-refractivity contribution < 1.29 is 4.79 Å². The molecule has 19 heavy (non-hydrogen) atoms. The van der Waals surface area contributed by atoms with E-state index in [2.05, 4.69) is 52.2 Å². The Morgan fingerprint density at radius 1 is 1.32 bits per heavy atom. The number of rotatable bonds is 5. The van der Waals surface area contributed by atoms with Gasteiger partial charge in [-0.15, -0.1) is 0 Å². The quantitative estimate of drug-likeness (QED) is 0.785. The Kier molecular flexibility index (Phi) is 4.53. The standard InChI is InChI=1S/C15H17BrN2O/c1-3-18-15(13(16)10-17-18)14(19)9-8-12-6-4-11(2)5-7-12/h4-7,10H,3,8-9H2,1-2H3. The fraction of sp³-hybridized carbons (Fsp3) is 0.333. The molecule has 0 saturated heterocycles. The van der Waals surface area contributed by atoms with Crippen LogP contribution in [0.4, 0.5) is 0 Å². The highest BCUT2D eigenvalue weighted by molar-refractivity contribution is 9.10. The Labute approximate surface area is 121 Å². The maximum atomic E-state index is 12.3. The smallest absolute Gasteiger partial charge is 0.182 e. The summed E-state index contributed by atoms with van der Waals surface area (Å²) < 4.78 is 2.52. The highest BCUT2D eigenvalue weighted by Crippen LogP contribution is 2.19. The van der Waals surface area contributed by atoms with Crippen LogP contribution in [-0.2, 0) is 13.0 Å². The van der Waals surface area contributed by atoms with Gasteiger partial charge in [0.1, 0.15) is 5.69 Å². The van der Waals surface area contributed by atoms with Crippen LogP contribution in [0.5, 0.6) is 0 Å². The van der Waals surface area contributed by atoms with Crippen LogP contribution in [0.25, 0.3) is 0 Å². The van der Waals surface area contributed by atoms with Gasteiger partial charge < -0.3 is 0 Å². The third kappa shape index (κ3) is 3.32. The van der Waals surface area contributed by atoms with E-state index in [0.29, 0.717) is 18.7 Å². The molecule has 1 heterocycles. The largest absolute Gasteiger partial charge is 0.292 e. The molecule has 0 atom stereocenters. The summed E-state index contributed by atoms with van der Waals surface area (Å²) in [7, 11) is 0. The zero-order chi connectivity index (χ0) is 13.8. The summed E-state index contributed by atoms with van der Waals surface area (Å²) in [5, 5.41) is 4.17. The Bertz CT molecular complexity index is 572. The van der Waals surface area contributed by atoms with Gasteiger partial charge in [0.2, 0.25) is 0 Å². The van der Waals surface area contributed by atoms with Gasteiger partial charge >= 0.3 is 0 Å². The van der Waals surface area contributed by atoms with E-state index in [-0.39, 0.29) is 5.78 Å². The van der Waals surface area contributed by atoms with Crippen molar-refractivity contribution in [3.05, 3.63) is 51.8 Å². The molecule has 0 aliphatic heterocycles. The van der Waals surface area contributed by atoms with Gasteiger partial charge in [0, 0.05) is 13.0 Å². The second-order valence-electron chi connectivity index (χ2n) is 4.57. The third-order valence-corrected chi connectivity index (χ3v) is 3.70. The van der Waals surface area contributed by atoms with Crippen LogP contribution in [0, 0.1) is 6.92 Å². The predicted molar refractivity (Wildman–Crippen MR) is 79.4 cm³/mol. The minimum atomic E-state index is 0.131. The highest BCUT2D eigenvalue weighted by atomic mass is 79.9. The van der Waals surface area contributed by atoms with Gasteiger partial charge in [0.25, 0.3) is 0 Å². The number of carbonyl (C=O) groups excluding carboxylic acids is 1. The summed E-state index contributed by atoms with van der Waals surface area (Å²) in [6, 6.07) is 8.31. The first-order valence-corrected chi connectivity index (χ1v) is 7.21. The van der Waals surface area contributed by atoms with E-state index in [9.17, 15) is 4.79 Å². The van der Waals surface area contributed by atoms with Crippen LogP contribution >= 0.6 is 15.9 Å². The van der Waals surface area contributed by atoms with Gasteiger partial charge in [-0.05, 0) is 41.8 Å². The minimum Gasteiger partial charge on any atom is -0.292 e. The average molecular weight is 321 g/mol. The van der Waals surface area contributed by atoms with Crippen LogP contribution in [0.1, 0.15) is 35.0 Å². The third-order valence-electron chi connectivity index (χ3n) is 3.12. The number of aryl methyl sites for hydroxylation is 3. The number of ketones is 1. The second-order valence-corrected chi connectivity index (χ2v) is 5.42. The zero-order valence-electron chi connectivity index (χ0n) is 11.2. The minimum absolute atomic E-state index is 0.131. The van der Waals surface area contributed by atoms with Gasteiger partial charge in [-0.2, -0.15) is 5.10 Å². The number of halogens is 1. The SMILES string of the molecule is CCn1ncc(Br)c1C(=O)CCc1ccc(C)cc1. The van der Waals surface area contributed by atoms with Gasteiger partial charge in [-0.3, -0.25) is 9.48 Å². The fourth-order valence-electron chi connectivity index (χ4n) is 2.01. The lowest BCUT2D eigenvalue weighted by Gasteiger charge is -2.05. The second kappa shape index (κ2) is 6.15. The Balaban J connectivity index is 2.05. The molecule has 1 aromatic carbocycles. The molecular weight excluding hydrogens is 304 g/mol. The first-order valence-electron chi connectivity index (χ1n) is 6.42. The molecule has 100 valence electrons. The first kappa shape index (κ1) is 14.0. The Hall–Kier alpha value is -1.42. The number of hydrogen-bond donors (Lipinski definition) is 0. The van der Waals surface area contributed by atoms with Gasteiger partial charge in [-0.1, -0.05) is 29.8 Å². The number of hydrogen-bond acceptors (Lipinski definition) is 2. The van der Waals surface area contributed by atoms with Crippen LogP contribution in [0.3, 0.4) is 0 Å². The predicted octanol–water partition coefficient (Wildman–Crippen LogP) is 3.79. The summed E-state index contributed by atoms with van der Waals surface area (Å²) in [6.07, 6.45) is 2.95. The van der Waals surface area contributed by atoms with E-state index in [1.807, 2.05) is 6.92 Å². The van der Waals surface area contributed by atoms with E-state index in [4.69, 9.17) is 0 Å². The van der Waals surface area contributed by atoms with Crippen molar-refractivity contribution in [1.29, 1.82) is 0 Å². The Morgan fingerprint density at radius 3 is 2.63 bits per heavy atom. The van der Waals surface area contributed by atoms with Crippen molar-refractivity contribution in [3.8, 4) is 0 Å². The molecule has 0 spiro atoms. The van der Waals surface area contributed by atoms with E-state index >= 15 is 0 Å². The van der Waals surface area contributed by atoms with Crippen molar-refractivity contribution in [1.82, 2.24) is 9.78 Å². The molecule has 3 nitrogen and oxygen atoms in total. The summed E-state index contributed by atoms with van der Waals surface area (Å²) >= 11 is 3.39. The summed E-state index contributed by atoms with van der Waals surface area (Å²) in [6.45, 7) is 4.75. The van der Waals surface area contributed by atoms with Gasteiger partial charge in [0.05, 0.1) is 10.7 Å². The van der Waals surface area contributed by atoms with E-state index in [1.165, 1.54) is 11.1 Å². The molecule has 0 N–H and O–H groups in total. The maximum Gasteiger partial charge on any atom is 0.182 e. The number of aromatic nitrogens is 2. The van der Waals surface area contributed by atoms with Crippen LogP contribution < -0.4 is 0 Å². The molecule has 0 aliphatic carbocycles. The van der Waals surface area contributed by atoms with Crippen molar-refractivity contribution in [2.24, 2.45) is 0 Å². The van der Waals surface area contributed by atoms with Crippen LogP contribution in [0.15, 0.2) is 34.9 Å². The van der Waals surface area contributed by atoms with E-state index < -0.39 is 0 Å². The molecule has 1 aromatic heterocycles. The number of benzene rings is 1. The number of carbonyl (C=O) groups is 1. The summed E-state index contributed by atoms with van der Waals surface area (Å²) in [5.41, 5.74) is 3.11. The van der Waals surface area contributed by atoms with Crippen molar-refractivity contribution in [3.63, 3.8) is 0 Å². The molecular formula is C15H17BrN2O. The molecule has 0 aliphatic rings. The number of Topliss-reactive ketones (excluding diaryl/α,β-unsaturated/α-hetero) is 1. The summed E-state index contributed by atoms with van der Waals surface area (Å²) in [5.74, 6) is 0.131. The molecule has 0 radical (unpaired) electrons. The monoisotopic (exact) mass is 320 g/mol. The molecule has 2 rings (SSSR count). The van der Waals surface area contributed by atoms with Crippen LogP contribution in [-0.4, -0.2) is 15.6 Å². The normalized spacial score (nSPS) is 10.7. The Morgan fingerprint density at radius 2 is 2.00 bits per heavy atom. The molecule has 0 fully saturated rings. The van der Waals surface area contributed by atoms with Crippen molar-refractivity contribution in [2.75, 3.05) is 0 Å². The zero-order valence-corrected chi connectivity index (χ0v) is 12.8. The lowest BCUT2D eigenvalue weighted by atomic mass is 10.0.